The van der Waals surface area contributed by atoms with Crippen molar-refractivity contribution >= 4 is 65.7 Å². The van der Waals surface area contributed by atoms with Crippen LogP contribution in [0.2, 0.25) is 0 Å². The van der Waals surface area contributed by atoms with Gasteiger partial charge in [0.05, 0.1) is 10.8 Å². The maximum absolute atomic E-state index is 6.38. The molecule has 0 aliphatic carbocycles. The molecule has 0 atom stereocenters. The van der Waals surface area contributed by atoms with E-state index in [2.05, 4.69) is 47.4 Å². The Balaban J connectivity index is 2.01. The van der Waals surface area contributed by atoms with E-state index >= 15 is 0 Å². The van der Waals surface area contributed by atoms with Crippen LogP contribution >= 0.6 is 0 Å². The van der Waals surface area contributed by atoms with Gasteiger partial charge in [0.15, 0.2) is 6.20 Å². The molecule has 0 saturated heterocycles. The molecule has 0 amide bonds. The molecule has 136 valence electrons. The van der Waals surface area contributed by atoms with E-state index in [1.807, 2.05) is 42.2 Å². The average molecular weight is 375 g/mol. The van der Waals surface area contributed by atoms with E-state index in [0.29, 0.717) is 5.71 Å². The lowest BCUT2D eigenvalue weighted by Crippen LogP contribution is -2.27. The van der Waals surface area contributed by atoms with Crippen molar-refractivity contribution in [3.8, 4) is 0 Å². The maximum Gasteiger partial charge on any atom is 0.381 e. The summed E-state index contributed by atoms with van der Waals surface area (Å²) >= 11 is 0. The largest absolute Gasteiger partial charge is 0.438 e. The summed E-state index contributed by atoms with van der Waals surface area (Å²) < 4.78 is 14.6. The molecule has 0 N–H and O–H groups in total. The summed E-state index contributed by atoms with van der Waals surface area (Å²) in [5.74, 6) is 0. The van der Waals surface area contributed by atoms with Gasteiger partial charge in [0, 0.05) is 33.8 Å². The number of rotatable bonds is 0. The predicted octanol–water partition coefficient (Wildman–Crippen LogP) is 6.01. The third-order valence-electron chi connectivity index (χ3n) is 5.94. The molecular formula is C25H15N2O2+. The molecule has 0 spiro atoms. The average Bonchev–Trinajstić information content (AvgIpc) is 2.76. The number of para-hydroxylation sites is 1. The molecule has 3 aromatic carbocycles. The fourth-order valence-electron chi connectivity index (χ4n) is 4.76. The van der Waals surface area contributed by atoms with Gasteiger partial charge in [0.1, 0.15) is 18.2 Å². The molecule has 4 heterocycles. The van der Waals surface area contributed by atoms with Crippen LogP contribution < -0.4 is 4.57 Å². The molecule has 4 nitrogen and oxygen atoms in total. The van der Waals surface area contributed by atoms with Gasteiger partial charge >= 0.3 is 5.71 Å². The van der Waals surface area contributed by atoms with Gasteiger partial charge in [-0.25, -0.2) is 4.98 Å². The summed E-state index contributed by atoms with van der Waals surface area (Å²) in [7, 11) is 2.01. The van der Waals surface area contributed by atoms with Crippen molar-refractivity contribution in [3.05, 3.63) is 73.1 Å². The Morgan fingerprint density at radius 1 is 0.655 bits per heavy atom. The van der Waals surface area contributed by atoms with Gasteiger partial charge in [-0.05, 0) is 35.0 Å². The predicted molar refractivity (Wildman–Crippen MR) is 115 cm³/mol. The summed E-state index contributed by atoms with van der Waals surface area (Å²) in [4.78, 5) is 4.57. The van der Waals surface area contributed by atoms with E-state index in [1.165, 1.54) is 10.8 Å². The number of aromatic nitrogens is 2. The molecule has 4 aromatic heterocycles. The molecule has 7 aromatic rings. The number of fused-ring (bicyclic) bond motifs is 6. The molecule has 0 aliphatic rings. The molecule has 0 fully saturated rings. The molecule has 4 heteroatoms. The SMILES string of the molecule is C[n+]1cccc2c3c4c(cccc4c4ccnc5oc6ccccc6c3c54)oc21. The molecule has 0 radical (unpaired) electrons. The van der Waals surface area contributed by atoms with Crippen LogP contribution in [-0.2, 0) is 7.05 Å². The highest BCUT2D eigenvalue weighted by Gasteiger charge is 2.22. The Morgan fingerprint density at radius 3 is 2.38 bits per heavy atom. The monoisotopic (exact) mass is 375 g/mol. The summed E-state index contributed by atoms with van der Waals surface area (Å²) in [6.45, 7) is 0. The standard InChI is InChI=1S/C25H15N2O2/c1-27-13-5-8-17-22-20-14(7-4-10-19(20)29-25(17)27)15-11-12-26-24-23(15)21(22)16-6-2-3-9-18(16)28-24/h2-13H,1H3/q+1. The topological polar surface area (TPSA) is 43.0 Å². The molecule has 0 saturated carbocycles. The van der Waals surface area contributed by atoms with E-state index in [0.717, 1.165) is 49.2 Å². The molecular weight excluding hydrogens is 360 g/mol. The second kappa shape index (κ2) is 5.11. The van der Waals surface area contributed by atoms with Gasteiger partial charge in [-0.15, -0.1) is 0 Å². The van der Waals surface area contributed by atoms with Crippen molar-refractivity contribution in [3.63, 3.8) is 0 Å². The fraction of sp³-hybridized carbons (Fsp3) is 0.0400. The van der Waals surface area contributed by atoms with Crippen molar-refractivity contribution in [2.24, 2.45) is 7.05 Å². The van der Waals surface area contributed by atoms with Crippen molar-refractivity contribution in [2.45, 2.75) is 0 Å². The highest BCUT2D eigenvalue weighted by Crippen LogP contribution is 2.45. The highest BCUT2D eigenvalue weighted by molar-refractivity contribution is 6.39. The van der Waals surface area contributed by atoms with E-state index in [9.17, 15) is 0 Å². The molecule has 0 aliphatic heterocycles. The summed E-state index contributed by atoms with van der Waals surface area (Å²) in [6.07, 6.45) is 3.84. The van der Waals surface area contributed by atoms with Gasteiger partial charge in [0.25, 0.3) is 0 Å². The third-order valence-corrected chi connectivity index (χ3v) is 5.94. The lowest BCUT2D eigenvalue weighted by molar-refractivity contribution is -0.651. The minimum atomic E-state index is 0.660. The highest BCUT2D eigenvalue weighted by atomic mass is 16.3. The zero-order chi connectivity index (χ0) is 19.1. The first-order valence-corrected chi connectivity index (χ1v) is 9.63. The van der Waals surface area contributed by atoms with Crippen LogP contribution in [0.4, 0.5) is 0 Å². The van der Waals surface area contributed by atoms with Crippen molar-refractivity contribution < 1.29 is 13.4 Å². The van der Waals surface area contributed by atoms with Crippen LogP contribution in [0.1, 0.15) is 0 Å². The van der Waals surface area contributed by atoms with Crippen molar-refractivity contribution in [2.75, 3.05) is 0 Å². The Hall–Kier alpha value is -3.92. The second-order valence-electron chi connectivity index (χ2n) is 7.51. The van der Waals surface area contributed by atoms with Crippen LogP contribution in [0.25, 0.3) is 65.7 Å². The normalized spacial score (nSPS) is 12.3. The van der Waals surface area contributed by atoms with E-state index in [4.69, 9.17) is 8.83 Å². The number of benzene rings is 3. The van der Waals surface area contributed by atoms with Crippen LogP contribution in [0.15, 0.2) is 81.9 Å². The number of hydrogen-bond acceptors (Lipinski definition) is 3. The van der Waals surface area contributed by atoms with Gasteiger partial charge in [-0.2, -0.15) is 4.57 Å². The molecule has 7 rings (SSSR count). The molecule has 0 bridgehead atoms. The first-order valence-electron chi connectivity index (χ1n) is 9.63. The fourth-order valence-corrected chi connectivity index (χ4v) is 4.76. The van der Waals surface area contributed by atoms with Gasteiger partial charge in [0.2, 0.25) is 5.71 Å². The minimum Gasteiger partial charge on any atom is -0.438 e. The smallest absolute Gasteiger partial charge is 0.381 e. The lowest BCUT2D eigenvalue weighted by atomic mass is 9.91. The van der Waals surface area contributed by atoms with E-state index < -0.39 is 0 Å². The third kappa shape index (κ3) is 1.79. The van der Waals surface area contributed by atoms with Crippen LogP contribution in [0, 0.1) is 0 Å². The number of nitrogens with zero attached hydrogens (tertiary/aromatic N) is 2. The zero-order valence-electron chi connectivity index (χ0n) is 15.6. The lowest BCUT2D eigenvalue weighted by Gasteiger charge is -2.15. The van der Waals surface area contributed by atoms with Gasteiger partial charge in [-0.1, -0.05) is 30.3 Å². The molecule has 29 heavy (non-hydrogen) atoms. The number of hydrogen-bond donors (Lipinski definition) is 0. The first-order chi connectivity index (χ1) is 14.3. The maximum atomic E-state index is 6.38. The Labute approximate surface area is 164 Å². The molecule has 0 unspecified atom stereocenters. The number of pyridine rings is 2. The van der Waals surface area contributed by atoms with Crippen molar-refractivity contribution in [1.82, 2.24) is 4.98 Å². The Morgan fingerprint density at radius 2 is 1.41 bits per heavy atom. The Kier molecular flexibility index (Phi) is 2.66. The minimum absolute atomic E-state index is 0.660. The Bertz CT molecular complexity index is 1770. The summed E-state index contributed by atoms with van der Waals surface area (Å²) in [5.41, 5.74) is 3.22. The van der Waals surface area contributed by atoms with Gasteiger partial charge in [-0.3, -0.25) is 0 Å². The summed E-state index contributed by atoms with van der Waals surface area (Å²) in [5, 5.41) is 9.01. The van der Waals surface area contributed by atoms with Gasteiger partial charge < -0.3 is 8.83 Å². The quantitative estimate of drug-likeness (QED) is 0.185. The number of aryl methyl sites for hydroxylation is 1. The van der Waals surface area contributed by atoms with E-state index in [1.54, 1.807) is 0 Å². The van der Waals surface area contributed by atoms with Crippen LogP contribution in [-0.4, -0.2) is 4.98 Å². The zero-order valence-corrected chi connectivity index (χ0v) is 15.6. The van der Waals surface area contributed by atoms with Crippen LogP contribution in [0.5, 0.6) is 0 Å². The van der Waals surface area contributed by atoms with Crippen molar-refractivity contribution in [1.29, 1.82) is 0 Å². The van der Waals surface area contributed by atoms with Crippen LogP contribution in [0.3, 0.4) is 0 Å². The van der Waals surface area contributed by atoms with E-state index in [-0.39, 0.29) is 0 Å². The summed E-state index contributed by atoms with van der Waals surface area (Å²) in [6, 6.07) is 20.7. The first kappa shape index (κ1) is 15.1. The second-order valence-corrected chi connectivity index (χ2v) is 7.51.